The van der Waals surface area contributed by atoms with Gasteiger partial charge in [0.05, 0.1) is 14.2 Å². The highest BCUT2D eigenvalue weighted by Gasteiger charge is 2.20. The maximum Gasteiger partial charge on any atom is 0.242 e. The number of hydrogen-bond donors (Lipinski definition) is 1. The molecule has 4 rings (SSSR count). The second-order valence-electron chi connectivity index (χ2n) is 7.70. The number of fused-ring (bicyclic) bond motifs is 2. The van der Waals surface area contributed by atoms with Crippen molar-refractivity contribution in [3.63, 3.8) is 0 Å². The number of sulfonamides is 1. The molecular weight excluding hydrogens is 468 g/mol. The average molecular weight is 497 g/mol. The van der Waals surface area contributed by atoms with Crippen LogP contribution in [-0.2, 0) is 23.0 Å². The van der Waals surface area contributed by atoms with Crippen LogP contribution < -0.4 is 14.2 Å². The third-order valence-electron chi connectivity index (χ3n) is 5.73. The molecule has 1 aliphatic heterocycles. The third kappa shape index (κ3) is 5.38. The predicted molar refractivity (Wildman–Crippen MR) is 132 cm³/mol. The van der Waals surface area contributed by atoms with E-state index in [1.54, 1.807) is 19.6 Å². The fourth-order valence-corrected chi connectivity index (χ4v) is 6.61. The van der Waals surface area contributed by atoms with Crippen LogP contribution in [0, 0.1) is 0 Å². The van der Waals surface area contributed by atoms with E-state index in [1.165, 1.54) is 22.5 Å². The lowest BCUT2D eigenvalue weighted by Gasteiger charge is -2.29. The molecule has 1 N–H and O–H groups in total. The van der Waals surface area contributed by atoms with Crippen LogP contribution in [0.5, 0.6) is 11.5 Å². The summed E-state index contributed by atoms with van der Waals surface area (Å²) < 4.78 is 40.0. The molecule has 0 atom stereocenters. The molecule has 0 amide bonds. The van der Waals surface area contributed by atoms with E-state index in [9.17, 15) is 8.42 Å². The fraction of sp³-hybridized carbons (Fsp3) is 0.391. The van der Waals surface area contributed by atoms with Gasteiger partial charge in [-0.2, -0.15) is 0 Å². The van der Waals surface area contributed by atoms with E-state index in [0.29, 0.717) is 11.4 Å². The molecule has 6 nitrogen and oxygen atoms in total. The van der Waals surface area contributed by atoms with Crippen LogP contribution in [0.15, 0.2) is 46.7 Å². The molecule has 0 spiro atoms. The van der Waals surface area contributed by atoms with Gasteiger partial charge in [-0.1, -0.05) is 18.2 Å². The normalized spacial score (nSPS) is 14.1. The monoisotopic (exact) mass is 496 g/mol. The molecule has 9 heteroatoms. The fourth-order valence-electron chi connectivity index (χ4n) is 4.04. The Labute approximate surface area is 200 Å². The summed E-state index contributed by atoms with van der Waals surface area (Å²) in [6, 6.07) is 11.7. The van der Waals surface area contributed by atoms with Crippen molar-refractivity contribution in [2.24, 2.45) is 0 Å². The minimum absolute atomic E-state index is 0. The minimum Gasteiger partial charge on any atom is -0.493 e. The van der Waals surface area contributed by atoms with E-state index in [1.807, 2.05) is 24.3 Å². The van der Waals surface area contributed by atoms with Crippen molar-refractivity contribution in [1.29, 1.82) is 0 Å². The highest BCUT2D eigenvalue weighted by Crippen LogP contribution is 2.33. The first-order chi connectivity index (χ1) is 15.0. The van der Waals surface area contributed by atoms with Crippen LogP contribution in [0.2, 0.25) is 0 Å². The second-order valence-corrected chi connectivity index (χ2v) is 10.3. The Hall–Kier alpha value is -1.84. The van der Waals surface area contributed by atoms with Crippen molar-refractivity contribution < 1.29 is 17.9 Å². The Kier molecular flexibility index (Phi) is 8.41. The molecule has 0 saturated heterocycles. The minimum atomic E-state index is -3.48. The zero-order valence-corrected chi connectivity index (χ0v) is 20.7. The summed E-state index contributed by atoms with van der Waals surface area (Å²) in [5.74, 6) is 1.54. The largest absolute Gasteiger partial charge is 0.493 e. The van der Waals surface area contributed by atoms with Gasteiger partial charge in [0.25, 0.3) is 0 Å². The molecule has 0 saturated carbocycles. The van der Waals surface area contributed by atoms with Gasteiger partial charge in [-0.3, -0.25) is 4.90 Å². The first-order valence-electron chi connectivity index (χ1n) is 10.4. The predicted octanol–water partition coefficient (Wildman–Crippen LogP) is 4.46. The van der Waals surface area contributed by atoms with Crippen LogP contribution in [0.3, 0.4) is 0 Å². The summed E-state index contributed by atoms with van der Waals surface area (Å²) in [4.78, 5) is 2.79. The molecule has 2 aromatic carbocycles. The van der Waals surface area contributed by atoms with Crippen molar-refractivity contribution in [3.05, 3.63) is 52.9 Å². The van der Waals surface area contributed by atoms with Gasteiger partial charge in [0.2, 0.25) is 10.0 Å². The van der Waals surface area contributed by atoms with Crippen molar-refractivity contribution >= 4 is 43.9 Å². The van der Waals surface area contributed by atoms with Crippen LogP contribution in [0.4, 0.5) is 0 Å². The molecule has 1 aliphatic rings. The van der Waals surface area contributed by atoms with Crippen LogP contribution >= 0.6 is 23.7 Å². The van der Waals surface area contributed by atoms with E-state index < -0.39 is 10.0 Å². The highest BCUT2D eigenvalue weighted by atomic mass is 35.5. The van der Waals surface area contributed by atoms with Gasteiger partial charge in [-0.15, -0.1) is 23.7 Å². The van der Waals surface area contributed by atoms with Gasteiger partial charge in [-0.25, -0.2) is 13.1 Å². The summed E-state index contributed by atoms with van der Waals surface area (Å²) in [6.45, 7) is 3.26. The number of thiophene rings is 1. The lowest BCUT2D eigenvalue weighted by atomic mass is 9.98. The quantitative estimate of drug-likeness (QED) is 0.443. The van der Waals surface area contributed by atoms with Crippen LogP contribution in [-0.4, -0.2) is 47.2 Å². The Bertz CT molecular complexity index is 1160. The number of methoxy groups -OCH3 is 2. The Morgan fingerprint density at radius 2 is 1.78 bits per heavy atom. The molecule has 1 aromatic heterocycles. The standard InChI is InChI=1S/C23H28N2O4S2.ClH/c1-28-20-13-17-9-12-25(15-18(17)14-21(20)29-2)11-6-5-10-24-31(26,27)23-16-30-22-8-4-3-7-19(22)23;/h3-4,7-8,13-14,16,24H,5-6,9-12,15H2,1-2H3;1H. The molecule has 0 unspecified atom stereocenters. The van der Waals surface area contributed by atoms with Gasteiger partial charge in [-0.05, 0) is 55.1 Å². The van der Waals surface area contributed by atoms with Gasteiger partial charge in [0.15, 0.2) is 11.5 Å². The van der Waals surface area contributed by atoms with E-state index in [0.717, 1.165) is 60.5 Å². The number of hydrogen-bond acceptors (Lipinski definition) is 6. The summed E-state index contributed by atoms with van der Waals surface area (Å²) >= 11 is 1.46. The second kappa shape index (κ2) is 10.9. The summed E-state index contributed by atoms with van der Waals surface area (Å²) in [7, 11) is -0.163. The number of rotatable bonds is 9. The van der Waals surface area contributed by atoms with E-state index in [2.05, 4.69) is 21.8 Å². The van der Waals surface area contributed by atoms with Crippen LogP contribution in [0.25, 0.3) is 10.1 Å². The maximum atomic E-state index is 12.7. The lowest BCUT2D eigenvalue weighted by molar-refractivity contribution is 0.248. The van der Waals surface area contributed by atoms with Gasteiger partial charge < -0.3 is 9.47 Å². The van der Waals surface area contributed by atoms with Gasteiger partial charge in [0, 0.05) is 35.1 Å². The first-order valence-corrected chi connectivity index (χ1v) is 12.8. The molecule has 3 aromatic rings. The summed E-state index contributed by atoms with van der Waals surface area (Å²) in [5, 5.41) is 2.51. The number of unbranched alkanes of at least 4 members (excludes halogenated alkanes) is 1. The Morgan fingerprint density at radius 3 is 2.53 bits per heavy atom. The van der Waals surface area contributed by atoms with Crippen molar-refractivity contribution in [3.8, 4) is 11.5 Å². The molecule has 0 bridgehead atoms. The van der Waals surface area contributed by atoms with Crippen molar-refractivity contribution in [1.82, 2.24) is 9.62 Å². The number of benzene rings is 2. The topological polar surface area (TPSA) is 67.9 Å². The van der Waals surface area contributed by atoms with E-state index >= 15 is 0 Å². The summed E-state index contributed by atoms with van der Waals surface area (Å²) in [5.41, 5.74) is 2.58. The molecule has 174 valence electrons. The molecule has 0 aliphatic carbocycles. The van der Waals surface area contributed by atoms with Crippen molar-refractivity contribution in [2.45, 2.75) is 30.7 Å². The number of ether oxygens (including phenoxy) is 2. The molecule has 2 heterocycles. The first kappa shape index (κ1) is 24.8. The van der Waals surface area contributed by atoms with Crippen LogP contribution in [0.1, 0.15) is 24.0 Å². The third-order valence-corrected chi connectivity index (χ3v) is 8.34. The summed E-state index contributed by atoms with van der Waals surface area (Å²) in [6.07, 6.45) is 2.72. The maximum absolute atomic E-state index is 12.7. The average Bonchev–Trinajstić information content (AvgIpc) is 3.23. The molecule has 0 radical (unpaired) electrons. The van der Waals surface area contributed by atoms with Crippen molar-refractivity contribution in [2.75, 3.05) is 33.9 Å². The zero-order chi connectivity index (χ0) is 21.8. The molecule has 32 heavy (non-hydrogen) atoms. The zero-order valence-electron chi connectivity index (χ0n) is 18.3. The Balaban J connectivity index is 0.00000289. The van der Waals surface area contributed by atoms with Gasteiger partial charge in [0.1, 0.15) is 4.90 Å². The number of nitrogens with zero attached hydrogens (tertiary/aromatic N) is 1. The SMILES string of the molecule is COc1cc2c(cc1OC)CN(CCCCNS(=O)(=O)c1csc3ccccc13)CC2.Cl. The van der Waals surface area contributed by atoms with Gasteiger partial charge >= 0.3 is 0 Å². The smallest absolute Gasteiger partial charge is 0.242 e. The highest BCUT2D eigenvalue weighted by molar-refractivity contribution is 7.90. The number of halogens is 1. The van der Waals surface area contributed by atoms with E-state index in [-0.39, 0.29) is 12.4 Å². The lowest BCUT2D eigenvalue weighted by Crippen LogP contribution is -2.32. The molecule has 0 fully saturated rings. The number of nitrogens with one attached hydrogen (secondary N) is 1. The molecular formula is C23H29ClN2O4S2. The Morgan fingerprint density at radius 1 is 1.06 bits per heavy atom. The van der Waals surface area contributed by atoms with E-state index in [4.69, 9.17) is 9.47 Å².